The van der Waals surface area contributed by atoms with E-state index in [1.807, 2.05) is 0 Å². The van der Waals surface area contributed by atoms with Crippen LogP contribution in [-0.2, 0) is 35.7 Å². The Morgan fingerprint density at radius 2 is 1.64 bits per heavy atom. The van der Waals surface area contributed by atoms with Gasteiger partial charge in [-0.3, -0.25) is 9.35 Å². The zero-order valence-corrected chi connectivity index (χ0v) is 22.4. The van der Waals surface area contributed by atoms with E-state index in [1.165, 1.54) is 31.2 Å². The number of aliphatic hydroxyl groups is 6. The van der Waals surface area contributed by atoms with Gasteiger partial charge in [0, 0.05) is 13.3 Å². The molecular formula is C22H31NO14S2. The van der Waals surface area contributed by atoms with Crippen LogP contribution >= 0.6 is 11.8 Å². The van der Waals surface area contributed by atoms with Gasteiger partial charge in [0.05, 0.1) is 17.8 Å². The first kappa shape index (κ1) is 31.6. The van der Waals surface area contributed by atoms with Crippen LogP contribution in [0.15, 0.2) is 28.7 Å². The number of carbonyl (C=O) groups excluding carboxylic acids is 1. The number of hydrogen-bond acceptors (Lipinski definition) is 14. The Bertz CT molecular complexity index is 1110. The highest BCUT2D eigenvalue weighted by Gasteiger charge is 2.46. The summed E-state index contributed by atoms with van der Waals surface area (Å²) in [5.74, 6) is -0.512. The van der Waals surface area contributed by atoms with Crippen molar-refractivity contribution in [1.82, 2.24) is 0 Å². The van der Waals surface area contributed by atoms with Gasteiger partial charge in [0.1, 0.15) is 41.7 Å². The molecule has 15 nitrogen and oxygen atoms in total. The molecule has 39 heavy (non-hydrogen) atoms. The quantitative estimate of drug-likeness (QED) is 0.0724. The molecule has 2 saturated heterocycles. The molecule has 2 aliphatic heterocycles. The molecule has 2 fully saturated rings. The average molecular weight is 598 g/mol. The lowest BCUT2D eigenvalue weighted by Crippen LogP contribution is -2.59. The van der Waals surface area contributed by atoms with Crippen LogP contribution < -0.4 is 4.74 Å². The van der Waals surface area contributed by atoms with E-state index in [4.69, 9.17) is 18.9 Å². The van der Waals surface area contributed by atoms with Crippen LogP contribution in [0, 0.1) is 0 Å². The molecule has 3 rings (SSSR count). The van der Waals surface area contributed by atoms with E-state index in [0.717, 1.165) is 6.92 Å². The second kappa shape index (κ2) is 13.2. The normalized spacial score (nSPS) is 35.9. The van der Waals surface area contributed by atoms with E-state index >= 15 is 0 Å². The van der Waals surface area contributed by atoms with Gasteiger partial charge in [-0.25, -0.2) is 0 Å². The SMILES string of the molecule is CC(=O)O[C@@H]1[C@@H](O)[C@H](C)O[C@@H](Oc2ccc(CC(=NS(=O)(=O)O)S[C@@H]3O[C@H](CO)[C@@H](O)[C@H](O)[C@H]3O)cc2)[C@@H]1O. The predicted molar refractivity (Wildman–Crippen MR) is 133 cm³/mol. The molecule has 0 aromatic heterocycles. The van der Waals surface area contributed by atoms with Gasteiger partial charge in [-0.2, -0.15) is 8.42 Å². The summed E-state index contributed by atoms with van der Waals surface area (Å²) in [7, 11) is -4.87. The molecule has 0 spiro atoms. The molecule has 1 aromatic rings. The summed E-state index contributed by atoms with van der Waals surface area (Å²) in [6, 6.07) is 5.90. The van der Waals surface area contributed by atoms with Gasteiger partial charge in [0.15, 0.2) is 12.2 Å². The van der Waals surface area contributed by atoms with Gasteiger partial charge in [0.25, 0.3) is 0 Å². The molecule has 10 atom stereocenters. The molecule has 0 amide bonds. The smallest absolute Gasteiger partial charge is 0.379 e. The lowest BCUT2D eigenvalue weighted by atomic mass is 9.99. The number of benzene rings is 1. The summed E-state index contributed by atoms with van der Waals surface area (Å²) < 4.78 is 56.9. The second-order valence-corrected chi connectivity index (χ2v) is 11.2. The van der Waals surface area contributed by atoms with Crippen molar-refractivity contribution in [2.75, 3.05) is 6.61 Å². The molecule has 0 bridgehead atoms. The number of aliphatic hydroxyl groups excluding tert-OH is 6. The predicted octanol–water partition coefficient (Wildman–Crippen LogP) is -2.26. The lowest BCUT2D eigenvalue weighted by molar-refractivity contribution is -0.272. The number of hydrogen-bond donors (Lipinski definition) is 7. The first-order chi connectivity index (χ1) is 18.2. The Kier molecular flexibility index (Phi) is 10.7. The topological polar surface area (TPSA) is 242 Å². The standard InChI is InChI=1S/C22H31NO14S2/c1-9-15(26)20(35-10(2)25)19(30)21(34-9)36-12-5-3-11(4-6-12)7-14(23-39(31,32)33)38-22-18(29)17(28)16(27)13(8-24)37-22/h3-6,9,13,15-22,24,26-30H,7-8H2,1-2H3,(H,31,32,33)/t9-,13+,15-,16+,17-,18+,19+,20+,21-,22-/m0/s1. The lowest BCUT2D eigenvalue weighted by Gasteiger charge is -2.40. The van der Waals surface area contributed by atoms with Crippen molar-refractivity contribution in [2.24, 2.45) is 4.40 Å². The summed E-state index contributed by atoms with van der Waals surface area (Å²) in [6.45, 7) is 1.95. The third-order valence-electron chi connectivity index (χ3n) is 5.93. The van der Waals surface area contributed by atoms with Crippen molar-refractivity contribution in [3.05, 3.63) is 29.8 Å². The number of carbonyl (C=O) groups is 1. The Morgan fingerprint density at radius 3 is 2.21 bits per heavy atom. The number of nitrogens with zero attached hydrogens (tertiary/aromatic N) is 1. The van der Waals surface area contributed by atoms with Crippen LogP contribution in [-0.4, -0.2) is 122 Å². The van der Waals surface area contributed by atoms with Gasteiger partial charge >= 0.3 is 16.3 Å². The van der Waals surface area contributed by atoms with E-state index in [-0.39, 0.29) is 17.2 Å². The maximum Gasteiger partial charge on any atom is 0.379 e. The third kappa shape index (κ3) is 8.30. The summed E-state index contributed by atoms with van der Waals surface area (Å²) in [4.78, 5) is 11.3. The molecule has 0 unspecified atom stereocenters. The Labute approximate surface area is 227 Å². The molecule has 0 saturated carbocycles. The van der Waals surface area contributed by atoms with Gasteiger partial charge < -0.3 is 49.6 Å². The van der Waals surface area contributed by atoms with Crippen molar-refractivity contribution >= 4 is 33.1 Å². The van der Waals surface area contributed by atoms with Crippen LogP contribution in [0.4, 0.5) is 0 Å². The van der Waals surface area contributed by atoms with E-state index < -0.39 is 83.4 Å². The van der Waals surface area contributed by atoms with E-state index in [1.54, 1.807) is 0 Å². The zero-order chi connectivity index (χ0) is 29.1. The molecule has 7 N–H and O–H groups in total. The molecule has 0 aliphatic carbocycles. The number of esters is 1. The van der Waals surface area contributed by atoms with Crippen LogP contribution in [0.1, 0.15) is 19.4 Å². The first-order valence-corrected chi connectivity index (χ1v) is 14.0. The molecule has 220 valence electrons. The fourth-order valence-corrected chi connectivity index (χ4v) is 5.74. The van der Waals surface area contributed by atoms with Crippen molar-refractivity contribution in [3.63, 3.8) is 0 Å². The largest absolute Gasteiger partial charge is 0.462 e. The Morgan fingerprint density at radius 1 is 1.00 bits per heavy atom. The summed E-state index contributed by atoms with van der Waals surface area (Å²) in [6.07, 6.45) is -12.6. The van der Waals surface area contributed by atoms with Crippen molar-refractivity contribution < 1.29 is 67.4 Å². The van der Waals surface area contributed by atoms with Crippen molar-refractivity contribution in [3.8, 4) is 5.75 Å². The van der Waals surface area contributed by atoms with Gasteiger partial charge in [-0.05, 0) is 24.6 Å². The number of ether oxygens (including phenoxy) is 4. The average Bonchev–Trinajstić information content (AvgIpc) is 2.85. The summed E-state index contributed by atoms with van der Waals surface area (Å²) in [5, 5.41) is 59.9. The monoisotopic (exact) mass is 597 g/mol. The van der Waals surface area contributed by atoms with Crippen LogP contribution in [0.25, 0.3) is 0 Å². The minimum absolute atomic E-state index is 0.194. The van der Waals surface area contributed by atoms with E-state index in [0.29, 0.717) is 17.3 Å². The molecule has 17 heteroatoms. The van der Waals surface area contributed by atoms with Gasteiger partial charge in [-0.15, -0.1) is 4.40 Å². The Balaban J connectivity index is 1.72. The van der Waals surface area contributed by atoms with Crippen molar-refractivity contribution in [2.45, 2.75) is 80.8 Å². The maximum absolute atomic E-state index is 11.5. The molecular weight excluding hydrogens is 566 g/mol. The molecule has 1 aromatic carbocycles. The first-order valence-electron chi connectivity index (χ1n) is 11.7. The van der Waals surface area contributed by atoms with Gasteiger partial charge in [0.2, 0.25) is 6.29 Å². The summed E-state index contributed by atoms with van der Waals surface area (Å²) in [5.41, 5.74) is -0.885. The maximum atomic E-state index is 11.5. The minimum Gasteiger partial charge on any atom is -0.462 e. The number of thioether (sulfide) groups is 1. The van der Waals surface area contributed by atoms with Crippen LogP contribution in [0.5, 0.6) is 5.75 Å². The third-order valence-corrected chi connectivity index (χ3v) is 7.63. The highest BCUT2D eigenvalue weighted by atomic mass is 32.2. The zero-order valence-electron chi connectivity index (χ0n) is 20.7. The minimum atomic E-state index is -4.87. The molecule has 2 aliphatic rings. The Hall–Kier alpha value is -1.90. The number of rotatable bonds is 8. The summed E-state index contributed by atoms with van der Waals surface area (Å²) >= 11 is 0.566. The van der Waals surface area contributed by atoms with Gasteiger partial charge in [-0.1, -0.05) is 23.9 Å². The molecule has 2 heterocycles. The van der Waals surface area contributed by atoms with Crippen molar-refractivity contribution in [1.29, 1.82) is 0 Å². The highest BCUT2D eigenvalue weighted by molar-refractivity contribution is 8.14. The second-order valence-electron chi connectivity index (χ2n) is 8.95. The molecule has 0 radical (unpaired) electrons. The highest BCUT2D eigenvalue weighted by Crippen LogP contribution is 2.31. The van der Waals surface area contributed by atoms with Crippen LogP contribution in [0.2, 0.25) is 0 Å². The van der Waals surface area contributed by atoms with E-state index in [9.17, 15) is 48.4 Å². The fourth-order valence-electron chi connectivity index (χ4n) is 3.94. The van der Waals surface area contributed by atoms with Crippen LogP contribution in [0.3, 0.4) is 0 Å². The fraction of sp³-hybridized carbons (Fsp3) is 0.636. The van der Waals surface area contributed by atoms with E-state index in [2.05, 4.69) is 4.40 Å².